The summed E-state index contributed by atoms with van der Waals surface area (Å²) in [5.41, 5.74) is -0.122. The molecule has 3 nitrogen and oxygen atoms in total. The van der Waals surface area contributed by atoms with Crippen molar-refractivity contribution >= 4 is 27.7 Å². The number of amides is 2. The van der Waals surface area contributed by atoms with Gasteiger partial charge in [0.25, 0.3) is 5.91 Å². The second kappa shape index (κ2) is 5.28. The highest BCUT2D eigenvalue weighted by Gasteiger charge is 2.40. The molecule has 1 atom stereocenters. The highest BCUT2D eigenvalue weighted by molar-refractivity contribution is 9.10. The summed E-state index contributed by atoms with van der Waals surface area (Å²) < 4.78 is 14.4. The summed E-state index contributed by atoms with van der Waals surface area (Å²) in [6, 6.07) is 4.16. The monoisotopic (exact) mass is 341 g/mol. The standard InChI is InChI=1S/C15H17BrFNO2/c1-15(2,3)9-6-13(19)18(8-9)14(20)11-7-10(16)4-5-12(11)17/h4-5,7,9H,6,8H2,1-3H3. The number of hydrogen-bond acceptors (Lipinski definition) is 2. The lowest BCUT2D eigenvalue weighted by Gasteiger charge is -2.26. The fraction of sp³-hybridized carbons (Fsp3) is 0.467. The molecule has 1 aliphatic rings. The van der Waals surface area contributed by atoms with Crippen molar-refractivity contribution in [3.8, 4) is 0 Å². The van der Waals surface area contributed by atoms with Gasteiger partial charge in [0, 0.05) is 17.4 Å². The number of likely N-dealkylation sites (tertiary alicyclic amines) is 1. The minimum absolute atomic E-state index is 0.0551. The second-order valence-electron chi connectivity index (χ2n) is 6.20. The SMILES string of the molecule is CC(C)(C)C1CC(=O)N(C(=O)c2cc(Br)ccc2F)C1. The Morgan fingerprint density at radius 2 is 2.05 bits per heavy atom. The van der Waals surface area contributed by atoms with E-state index in [0.717, 1.165) is 0 Å². The summed E-state index contributed by atoms with van der Waals surface area (Å²) in [5.74, 6) is -1.28. The molecule has 0 radical (unpaired) electrons. The number of imide groups is 1. The lowest BCUT2D eigenvalue weighted by molar-refractivity contribution is -0.125. The summed E-state index contributed by atoms with van der Waals surface area (Å²) in [4.78, 5) is 25.5. The van der Waals surface area contributed by atoms with Gasteiger partial charge in [-0.3, -0.25) is 14.5 Å². The van der Waals surface area contributed by atoms with Gasteiger partial charge in [-0.15, -0.1) is 0 Å². The summed E-state index contributed by atoms with van der Waals surface area (Å²) >= 11 is 3.21. The van der Waals surface area contributed by atoms with Gasteiger partial charge in [0.1, 0.15) is 5.82 Å². The van der Waals surface area contributed by atoms with Crippen LogP contribution in [0.3, 0.4) is 0 Å². The maximum Gasteiger partial charge on any atom is 0.263 e. The second-order valence-corrected chi connectivity index (χ2v) is 7.12. The molecule has 1 aromatic rings. The largest absolute Gasteiger partial charge is 0.278 e. The number of rotatable bonds is 1. The maximum absolute atomic E-state index is 13.8. The van der Waals surface area contributed by atoms with E-state index in [1.807, 2.05) is 20.8 Å². The van der Waals surface area contributed by atoms with Crippen LogP contribution < -0.4 is 0 Å². The minimum Gasteiger partial charge on any atom is -0.278 e. The smallest absolute Gasteiger partial charge is 0.263 e. The Morgan fingerprint density at radius 1 is 1.40 bits per heavy atom. The van der Waals surface area contributed by atoms with E-state index in [4.69, 9.17) is 0 Å². The van der Waals surface area contributed by atoms with Gasteiger partial charge < -0.3 is 0 Å². The quantitative estimate of drug-likeness (QED) is 0.731. The van der Waals surface area contributed by atoms with Gasteiger partial charge in [0.15, 0.2) is 0 Å². The molecule has 1 unspecified atom stereocenters. The van der Waals surface area contributed by atoms with Crippen LogP contribution in [-0.2, 0) is 4.79 Å². The summed E-state index contributed by atoms with van der Waals surface area (Å²) in [6.45, 7) is 6.48. The first kappa shape index (κ1) is 15.2. The lowest BCUT2D eigenvalue weighted by Crippen LogP contribution is -2.34. The average Bonchev–Trinajstić information content (AvgIpc) is 2.73. The van der Waals surface area contributed by atoms with Gasteiger partial charge in [0.2, 0.25) is 5.91 Å². The third kappa shape index (κ3) is 2.92. The molecule has 1 heterocycles. The minimum atomic E-state index is -0.606. The van der Waals surface area contributed by atoms with E-state index in [1.54, 1.807) is 0 Å². The summed E-state index contributed by atoms with van der Waals surface area (Å²) in [6.07, 6.45) is 0.338. The molecule has 1 aromatic carbocycles. The molecule has 5 heteroatoms. The number of halogens is 2. The van der Waals surface area contributed by atoms with Gasteiger partial charge >= 0.3 is 0 Å². The Bertz CT molecular complexity index is 565. The van der Waals surface area contributed by atoms with Gasteiger partial charge in [-0.05, 0) is 29.5 Å². The third-order valence-corrected chi connectivity index (χ3v) is 4.25. The third-order valence-electron chi connectivity index (χ3n) is 3.75. The van der Waals surface area contributed by atoms with E-state index >= 15 is 0 Å². The van der Waals surface area contributed by atoms with E-state index < -0.39 is 11.7 Å². The molecule has 0 saturated carbocycles. The first-order chi connectivity index (χ1) is 9.20. The van der Waals surface area contributed by atoms with E-state index in [1.165, 1.54) is 23.1 Å². The van der Waals surface area contributed by atoms with E-state index in [-0.39, 0.29) is 22.8 Å². The first-order valence-electron chi connectivity index (χ1n) is 6.50. The molecule has 1 fully saturated rings. The first-order valence-corrected chi connectivity index (χ1v) is 7.29. The van der Waals surface area contributed by atoms with E-state index in [0.29, 0.717) is 17.4 Å². The molecule has 108 valence electrons. The van der Waals surface area contributed by atoms with Crippen molar-refractivity contribution in [2.45, 2.75) is 27.2 Å². The zero-order valence-corrected chi connectivity index (χ0v) is 13.3. The molecule has 0 aliphatic carbocycles. The molecule has 0 N–H and O–H groups in total. The molecule has 0 bridgehead atoms. The van der Waals surface area contributed by atoms with Gasteiger partial charge in [-0.2, -0.15) is 0 Å². The normalized spacial score (nSPS) is 19.6. The Labute approximate surface area is 126 Å². The topological polar surface area (TPSA) is 37.4 Å². The fourth-order valence-corrected chi connectivity index (χ4v) is 2.65. The Kier molecular flexibility index (Phi) is 4.00. The van der Waals surface area contributed by atoms with Crippen molar-refractivity contribution in [2.75, 3.05) is 6.54 Å². The van der Waals surface area contributed by atoms with Crippen LogP contribution in [0.25, 0.3) is 0 Å². The Hall–Kier alpha value is -1.23. The van der Waals surface area contributed by atoms with Gasteiger partial charge in [-0.25, -0.2) is 4.39 Å². The Morgan fingerprint density at radius 3 is 2.60 bits per heavy atom. The average molecular weight is 342 g/mol. The lowest BCUT2D eigenvalue weighted by atomic mass is 9.80. The number of hydrogen-bond donors (Lipinski definition) is 0. The Balaban J connectivity index is 2.26. The van der Waals surface area contributed by atoms with Crippen LogP contribution in [-0.4, -0.2) is 23.3 Å². The van der Waals surface area contributed by atoms with Crippen LogP contribution >= 0.6 is 15.9 Å². The molecule has 1 aliphatic heterocycles. The highest BCUT2D eigenvalue weighted by atomic mass is 79.9. The van der Waals surface area contributed by atoms with Gasteiger partial charge in [-0.1, -0.05) is 36.7 Å². The van der Waals surface area contributed by atoms with Crippen molar-refractivity contribution in [3.05, 3.63) is 34.1 Å². The highest BCUT2D eigenvalue weighted by Crippen LogP contribution is 2.35. The van der Waals surface area contributed by atoms with Crippen molar-refractivity contribution in [1.29, 1.82) is 0 Å². The van der Waals surface area contributed by atoms with Crippen molar-refractivity contribution in [2.24, 2.45) is 11.3 Å². The molecule has 2 amide bonds. The van der Waals surface area contributed by atoms with Crippen LogP contribution in [0.15, 0.2) is 22.7 Å². The fourth-order valence-electron chi connectivity index (χ4n) is 2.29. The van der Waals surface area contributed by atoms with Crippen molar-refractivity contribution in [1.82, 2.24) is 4.90 Å². The molecule has 1 saturated heterocycles. The van der Waals surface area contributed by atoms with Gasteiger partial charge in [0.05, 0.1) is 5.56 Å². The summed E-state index contributed by atoms with van der Waals surface area (Å²) in [5, 5.41) is 0. The van der Waals surface area contributed by atoms with Crippen LogP contribution in [0.5, 0.6) is 0 Å². The number of carbonyl (C=O) groups excluding carboxylic acids is 2. The number of carbonyl (C=O) groups is 2. The molecule has 20 heavy (non-hydrogen) atoms. The predicted octanol–water partition coefficient (Wildman–Crippen LogP) is 3.62. The van der Waals surface area contributed by atoms with E-state index in [9.17, 15) is 14.0 Å². The van der Waals surface area contributed by atoms with Crippen LogP contribution in [0, 0.1) is 17.2 Å². The molecular weight excluding hydrogens is 325 g/mol. The zero-order chi connectivity index (χ0) is 15.1. The molecular formula is C15H17BrFNO2. The van der Waals surface area contributed by atoms with Crippen LogP contribution in [0.4, 0.5) is 4.39 Å². The number of benzene rings is 1. The maximum atomic E-state index is 13.8. The zero-order valence-electron chi connectivity index (χ0n) is 11.7. The van der Waals surface area contributed by atoms with E-state index in [2.05, 4.69) is 15.9 Å². The van der Waals surface area contributed by atoms with Crippen molar-refractivity contribution < 1.29 is 14.0 Å². The molecule has 2 rings (SSSR count). The predicted molar refractivity (Wildman–Crippen MR) is 77.7 cm³/mol. The van der Waals surface area contributed by atoms with Crippen molar-refractivity contribution in [3.63, 3.8) is 0 Å². The molecule has 0 aromatic heterocycles. The summed E-state index contributed by atoms with van der Waals surface area (Å²) in [7, 11) is 0. The van der Waals surface area contributed by atoms with Crippen LogP contribution in [0.1, 0.15) is 37.6 Å². The molecule has 0 spiro atoms. The van der Waals surface area contributed by atoms with Crippen LogP contribution in [0.2, 0.25) is 0 Å². The number of nitrogens with zero attached hydrogens (tertiary/aromatic N) is 1.